The van der Waals surface area contributed by atoms with Crippen LogP contribution in [0.1, 0.15) is 25.7 Å². The summed E-state index contributed by atoms with van der Waals surface area (Å²) in [5.41, 5.74) is 0. The summed E-state index contributed by atoms with van der Waals surface area (Å²) in [6.45, 7) is 0.503. The van der Waals surface area contributed by atoms with Gasteiger partial charge in [0.2, 0.25) is 0 Å². The highest BCUT2D eigenvalue weighted by molar-refractivity contribution is 7.87. The predicted octanol–water partition coefficient (Wildman–Crippen LogP) is 1.18. The standard InChI is InChI=1S/C8H19ClN2O2S/c1-11(2)14(12,13)10-8-6-4-3-5-7-9/h10H,3-8H2,1-2H3. The number of rotatable bonds is 8. The summed E-state index contributed by atoms with van der Waals surface area (Å²) in [6, 6.07) is 0. The van der Waals surface area contributed by atoms with Gasteiger partial charge in [-0.15, -0.1) is 11.6 Å². The second kappa shape index (κ2) is 7.45. The third-order valence-corrected chi connectivity index (χ3v) is 3.62. The van der Waals surface area contributed by atoms with Gasteiger partial charge < -0.3 is 0 Å². The Morgan fingerprint density at radius 1 is 1.14 bits per heavy atom. The number of nitrogens with one attached hydrogen (secondary N) is 1. The van der Waals surface area contributed by atoms with Crippen molar-refractivity contribution < 1.29 is 8.42 Å². The lowest BCUT2D eigenvalue weighted by atomic mass is 10.2. The highest BCUT2D eigenvalue weighted by atomic mass is 35.5. The van der Waals surface area contributed by atoms with E-state index in [4.69, 9.17) is 11.6 Å². The van der Waals surface area contributed by atoms with E-state index >= 15 is 0 Å². The van der Waals surface area contributed by atoms with Crippen LogP contribution in [0.15, 0.2) is 0 Å². The summed E-state index contributed by atoms with van der Waals surface area (Å²) in [6.07, 6.45) is 3.95. The fourth-order valence-electron chi connectivity index (χ4n) is 0.903. The number of alkyl halides is 1. The first-order valence-electron chi connectivity index (χ1n) is 4.74. The lowest BCUT2D eigenvalue weighted by Gasteiger charge is -2.11. The van der Waals surface area contributed by atoms with Crippen LogP contribution in [0, 0.1) is 0 Å². The first kappa shape index (κ1) is 14.2. The molecule has 0 aliphatic carbocycles. The maximum Gasteiger partial charge on any atom is 0.278 e. The molecule has 0 aromatic rings. The number of hydrogen-bond acceptors (Lipinski definition) is 2. The van der Waals surface area contributed by atoms with E-state index in [1.54, 1.807) is 0 Å². The second-order valence-corrected chi connectivity index (χ2v) is 5.63. The molecule has 0 atom stereocenters. The maximum atomic E-state index is 11.2. The van der Waals surface area contributed by atoms with E-state index in [1.165, 1.54) is 18.4 Å². The van der Waals surface area contributed by atoms with Crippen molar-refractivity contribution in [2.45, 2.75) is 25.7 Å². The Morgan fingerprint density at radius 3 is 2.21 bits per heavy atom. The summed E-state index contributed by atoms with van der Waals surface area (Å²) in [5.74, 6) is 0.684. The topological polar surface area (TPSA) is 49.4 Å². The smallest absolute Gasteiger partial charge is 0.202 e. The van der Waals surface area contributed by atoms with Crippen LogP contribution in [-0.2, 0) is 10.2 Å². The van der Waals surface area contributed by atoms with Gasteiger partial charge in [0.1, 0.15) is 0 Å². The normalized spacial score (nSPS) is 12.3. The van der Waals surface area contributed by atoms with Crippen molar-refractivity contribution >= 4 is 21.8 Å². The SMILES string of the molecule is CN(C)S(=O)(=O)NCCCCCCCl. The monoisotopic (exact) mass is 242 g/mol. The molecule has 0 aromatic heterocycles. The molecular weight excluding hydrogens is 224 g/mol. The molecule has 0 heterocycles. The van der Waals surface area contributed by atoms with Crippen LogP contribution in [0.4, 0.5) is 0 Å². The van der Waals surface area contributed by atoms with Crippen molar-refractivity contribution in [1.82, 2.24) is 9.03 Å². The molecule has 0 spiro atoms. The van der Waals surface area contributed by atoms with Gasteiger partial charge in [-0.2, -0.15) is 12.7 Å². The molecule has 0 rings (SSSR count). The molecule has 0 radical (unpaired) electrons. The molecule has 0 aliphatic heterocycles. The summed E-state index contributed by atoms with van der Waals surface area (Å²) < 4.78 is 26.1. The van der Waals surface area contributed by atoms with E-state index < -0.39 is 10.2 Å². The van der Waals surface area contributed by atoms with Gasteiger partial charge in [-0.3, -0.25) is 0 Å². The lowest BCUT2D eigenvalue weighted by molar-refractivity contribution is 0.502. The quantitative estimate of drug-likeness (QED) is 0.513. The van der Waals surface area contributed by atoms with Gasteiger partial charge in [0.15, 0.2) is 0 Å². The Balaban J connectivity index is 3.46. The molecule has 0 saturated carbocycles. The molecule has 0 aliphatic rings. The molecule has 14 heavy (non-hydrogen) atoms. The summed E-state index contributed by atoms with van der Waals surface area (Å²) in [7, 11) is -0.214. The van der Waals surface area contributed by atoms with Crippen molar-refractivity contribution in [3.63, 3.8) is 0 Å². The average Bonchev–Trinajstić information content (AvgIpc) is 2.10. The van der Waals surface area contributed by atoms with Gasteiger partial charge in [-0.1, -0.05) is 12.8 Å². The number of halogens is 1. The molecule has 0 aromatic carbocycles. The first-order valence-corrected chi connectivity index (χ1v) is 6.71. The van der Waals surface area contributed by atoms with E-state index in [2.05, 4.69) is 4.72 Å². The van der Waals surface area contributed by atoms with Crippen molar-refractivity contribution in [2.24, 2.45) is 0 Å². The van der Waals surface area contributed by atoms with Gasteiger partial charge in [-0.25, -0.2) is 4.72 Å². The zero-order valence-electron chi connectivity index (χ0n) is 8.79. The van der Waals surface area contributed by atoms with Crippen molar-refractivity contribution in [3.8, 4) is 0 Å². The second-order valence-electron chi connectivity index (χ2n) is 3.28. The average molecular weight is 243 g/mol. The Morgan fingerprint density at radius 2 is 1.71 bits per heavy atom. The highest BCUT2D eigenvalue weighted by Crippen LogP contribution is 2.00. The van der Waals surface area contributed by atoms with E-state index in [9.17, 15) is 8.42 Å². The Kier molecular flexibility index (Phi) is 7.54. The van der Waals surface area contributed by atoms with Crippen LogP contribution < -0.4 is 4.72 Å². The number of nitrogens with zero attached hydrogens (tertiary/aromatic N) is 1. The van der Waals surface area contributed by atoms with Gasteiger partial charge >= 0.3 is 0 Å². The van der Waals surface area contributed by atoms with Gasteiger partial charge in [0.05, 0.1) is 0 Å². The zero-order chi connectivity index (χ0) is 11.0. The van der Waals surface area contributed by atoms with E-state index in [0.29, 0.717) is 12.4 Å². The fraction of sp³-hybridized carbons (Fsp3) is 1.00. The molecule has 6 heteroatoms. The molecule has 1 N–H and O–H groups in total. The third kappa shape index (κ3) is 6.59. The van der Waals surface area contributed by atoms with Crippen LogP contribution in [-0.4, -0.2) is 39.2 Å². The third-order valence-electron chi connectivity index (χ3n) is 1.83. The van der Waals surface area contributed by atoms with Crippen LogP contribution in [0.2, 0.25) is 0 Å². The van der Waals surface area contributed by atoms with Crippen molar-refractivity contribution in [1.29, 1.82) is 0 Å². The molecule has 0 unspecified atom stereocenters. The molecule has 0 bridgehead atoms. The van der Waals surface area contributed by atoms with Crippen LogP contribution in [0.5, 0.6) is 0 Å². The Hall–Kier alpha value is 0.160. The highest BCUT2D eigenvalue weighted by Gasteiger charge is 2.10. The van der Waals surface area contributed by atoms with Crippen molar-refractivity contribution in [2.75, 3.05) is 26.5 Å². The maximum absolute atomic E-state index is 11.2. The summed E-state index contributed by atoms with van der Waals surface area (Å²) in [4.78, 5) is 0. The van der Waals surface area contributed by atoms with Gasteiger partial charge in [-0.05, 0) is 12.8 Å². The van der Waals surface area contributed by atoms with E-state index in [-0.39, 0.29) is 0 Å². The fourth-order valence-corrected chi connectivity index (χ4v) is 1.75. The first-order chi connectivity index (χ1) is 6.50. The molecule has 0 fully saturated rings. The molecular formula is C8H19ClN2O2S. The van der Waals surface area contributed by atoms with Gasteiger partial charge in [0.25, 0.3) is 10.2 Å². The number of hydrogen-bond donors (Lipinski definition) is 1. The number of unbranched alkanes of at least 4 members (excludes halogenated alkanes) is 3. The minimum atomic E-state index is -3.23. The van der Waals surface area contributed by atoms with Crippen LogP contribution in [0.3, 0.4) is 0 Å². The zero-order valence-corrected chi connectivity index (χ0v) is 10.4. The van der Waals surface area contributed by atoms with Gasteiger partial charge in [0, 0.05) is 26.5 Å². The van der Waals surface area contributed by atoms with E-state index in [0.717, 1.165) is 25.7 Å². The lowest BCUT2D eigenvalue weighted by Crippen LogP contribution is -2.36. The summed E-state index contributed by atoms with van der Waals surface area (Å²) in [5, 5.41) is 0. The van der Waals surface area contributed by atoms with Crippen LogP contribution in [0.25, 0.3) is 0 Å². The largest absolute Gasteiger partial charge is 0.278 e. The van der Waals surface area contributed by atoms with Crippen LogP contribution >= 0.6 is 11.6 Å². The summed E-state index contributed by atoms with van der Waals surface area (Å²) >= 11 is 5.51. The predicted molar refractivity (Wildman–Crippen MR) is 59.8 cm³/mol. The molecule has 4 nitrogen and oxygen atoms in total. The minimum Gasteiger partial charge on any atom is -0.202 e. The molecule has 0 saturated heterocycles. The molecule has 0 amide bonds. The Labute approximate surface area is 91.8 Å². The van der Waals surface area contributed by atoms with E-state index in [1.807, 2.05) is 0 Å². The minimum absolute atomic E-state index is 0.503. The molecule has 86 valence electrons. The Bertz CT molecular complexity index is 229. The van der Waals surface area contributed by atoms with Crippen molar-refractivity contribution in [3.05, 3.63) is 0 Å².